The van der Waals surface area contributed by atoms with Crippen molar-refractivity contribution >= 4 is 10.9 Å². The highest BCUT2D eigenvalue weighted by Gasteiger charge is 2.04. The van der Waals surface area contributed by atoms with Gasteiger partial charge in [-0.3, -0.25) is 4.79 Å². The van der Waals surface area contributed by atoms with E-state index in [1.54, 1.807) is 0 Å². The average Bonchev–Trinajstić information content (AvgIpc) is 2.40. The zero-order valence-corrected chi connectivity index (χ0v) is 12.5. The molecule has 0 aliphatic carbocycles. The van der Waals surface area contributed by atoms with Crippen molar-refractivity contribution in [2.45, 2.75) is 19.9 Å². The quantitative estimate of drug-likeness (QED) is 0.790. The van der Waals surface area contributed by atoms with Crippen molar-refractivity contribution in [1.82, 2.24) is 15.2 Å². The van der Waals surface area contributed by atoms with Gasteiger partial charge < -0.3 is 15.2 Å². The van der Waals surface area contributed by atoms with Crippen molar-refractivity contribution in [1.29, 1.82) is 0 Å². The normalized spacial score (nSPS) is 11.4. The van der Waals surface area contributed by atoms with Crippen LogP contribution in [0, 0.1) is 6.92 Å². The van der Waals surface area contributed by atoms with Crippen molar-refractivity contribution in [3.63, 3.8) is 0 Å². The molecule has 0 aliphatic heterocycles. The number of hydrogen-bond acceptors (Lipinski definition) is 3. The monoisotopic (exact) mass is 273 g/mol. The number of benzene rings is 1. The van der Waals surface area contributed by atoms with E-state index in [-0.39, 0.29) is 5.56 Å². The molecule has 1 heterocycles. The lowest BCUT2D eigenvalue weighted by Gasteiger charge is -2.10. The highest BCUT2D eigenvalue weighted by atomic mass is 16.1. The summed E-state index contributed by atoms with van der Waals surface area (Å²) in [6, 6.07) is 8.05. The van der Waals surface area contributed by atoms with Crippen LogP contribution in [-0.4, -0.2) is 37.1 Å². The fourth-order valence-corrected chi connectivity index (χ4v) is 2.30. The van der Waals surface area contributed by atoms with Crippen LogP contribution in [0.2, 0.25) is 0 Å². The number of hydrogen-bond donors (Lipinski definition) is 2. The van der Waals surface area contributed by atoms with Crippen LogP contribution < -0.4 is 10.9 Å². The summed E-state index contributed by atoms with van der Waals surface area (Å²) in [6.45, 7) is 4.60. The molecule has 108 valence electrons. The molecular weight excluding hydrogens is 250 g/mol. The number of aromatic amines is 1. The number of aromatic nitrogens is 1. The molecule has 0 unspecified atom stereocenters. The number of pyridine rings is 1. The van der Waals surface area contributed by atoms with Crippen molar-refractivity contribution in [2.75, 3.05) is 27.2 Å². The Balaban J connectivity index is 2.04. The first kappa shape index (κ1) is 14.8. The second-order valence-corrected chi connectivity index (χ2v) is 5.50. The van der Waals surface area contributed by atoms with Gasteiger partial charge in [0.15, 0.2) is 0 Å². The summed E-state index contributed by atoms with van der Waals surface area (Å²) in [7, 11) is 4.13. The number of rotatable bonds is 6. The van der Waals surface area contributed by atoms with Crippen molar-refractivity contribution in [3.05, 3.63) is 45.7 Å². The number of fused-ring (bicyclic) bond motifs is 1. The molecule has 0 aliphatic rings. The molecule has 0 amide bonds. The predicted molar refractivity (Wildman–Crippen MR) is 84.2 cm³/mol. The van der Waals surface area contributed by atoms with E-state index in [1.165, 1.54) is 0 Å². The van der Waals surface area contributed by atoms with E-state index < -0.39 is 0 Å². The second-order valence-electron chi connectivity index (χ2n) is 5.50. The minimum absolute atomic E-state index is 0.00640. The fourth-order valence-electron chi connectivity index (χ4n) is 2.30. The molecule has 0 spiro atoms. The molecular formula is C16H23N3O. The Morgan fingerprint density at radius 2 is 2.10 bits per heavy atom. The molecule has 4 nitrogen and oxygen atoms in total. The maximum Gasteiger partial charge on any atom is 0.252 e. The summed E-state index contributed by atoms with van der Waals surface area (Å²) in [5.41, 5.74) is 2.85. The van der Waals surface area contributed by atoms with Gasteiger partial charge >= 0.3 is 0 Å². The first-order valence-electron chi connectivity index (χ1n) is 7.05. The molecule has 20 heavy (non-hydrogen) atoms. The van der Waals surface area contributed by atoms with Gasteiger partial charge in [0, 0.05) is 12.1 Å². The summed E-state index contributed by atoms with van der Waals surface area (Å²) in [6.07, 6.45) is 1.08. The molecule has 4 heteroatoms. The number of nitrogens with one attached hydrogen (secondary N) is 2. The first-order valence-corrected chi connectivity index (χ1v) is 7.05. The first-order chi connectivity index (χ1) is 9.58. The number of aryl methyl sites for hydroxylation is 1. The summed E-state index contributed by atoms with van der Waals surface area (Å²) >= 11 is 0. The summed E-state index contributed by atoms with van der Waals surface area (Å²) < 4.78 is 0. The lowest BCUT2D eigenvalue weighted by atomic mass is 10.1. The van der Waals surface area contributed by atoms with E-state index in [1.807, 2.05) is 31.2 Å². The third-order valence-corrected chi connectivity index (χ3v) is 3.44. The third-order valence-electron chi connectivity index (χ3n) is 3.44. The molecule has 0 bridgehead atoms. The summed E-state index contributed by atoms with van der Waals surface area (Å²) in [4.78, 5) is 17.2. The fraction of sp³-hybridized carbons (Fsp3) is 0.438. The maximum atomic E-state index is 12.1. The summed E-state index contributed by atoms with van der Waals surface area (Å²) in [5, 5.41) is 4.42. The topological polar surface area (TPSA) is 48.1 Å². The Morgan fingerprint density at radius 3 is 2.85 bits per heavy atom. The number of H-pyrrole nitrogens is 1. The highest BCUT2D eigenvalue weighted by Crippen LogP contribution is 2.14. The Labute approximate surface area is 119 Å². The number of nitrogens with zero attached hydrogens (tertiary/aromatic N) is 1. The second kappa shape index (κ2) is 6.68. The van der Waals surface area contributed by atoms with Gasteiger partial charge in [-0.2, -0.15) is 0 Å². The van der Waals surface area contributed by atoms with Crippen LogP contribution in [0.25, 0.3) is 10.9 Å². The highest BCUT2D eigenvalue weighted by molar-refractivity contribution is 5.81. The van der Waals surface area contributed by atoms with Crippen LogP contribution in [0.1, 0.15) is 17.5 Å². The molecule has 0 saturated carbocycles. The largest absolute Gasteiger partial charge is 0.321 e. The third kappa shape index (κ3) is 3.68. The minimum atomic E-state index is 0.00640. The van der Waals surface area contributed by atoms with Crippen molar-refractivity contribution in [2.24, 2.45) is 0 Å². The molecule has 1 aromatic heterocycles. The molecule has 2 rings (SSSR count). The van der Waals surface area contributed by atoms with Crippen LogP contribution in [0.4, 0.5) is 0 Å². The SMILES string of the molecule is Cc1cccc2cc(CNCCCN(C)C)c(=O)[nH]c12. The lowest BCUT2D eigenvalue weighted by Crippen LogP contribution is -2.24. The van der Waals surface area contributed by atoms with Crippen molar-refractivity contribution in [3.8, 4) is 0 Å². The van der Waals surface area contributed by atoms with Crippen LogP contribution in [0.5, 0.6) is 0 Å². The van der Waals surface area contributed by atoms with Crippen LogP contribution in [0.3, 0.4) is 0 Å². The molecule has 2 N–H and O–H groups in total. The van der Waals surface area contributed by atoms with Gasteiger partial charge in [0.25, 0.3) is 5.56 Å². The molecule has 0 fully saturated rings. The molecule has 1 aromatic carbocycles. The van der Waals surface area contributed by atoms with Gasteiger partial charge in [0.2, 0.25) is 0 Å². The molecule has 0 saturated heterocycles. The van der Waals surface area contributed by atoms with Crippen LogP contribution in [0.15, 0.2) is 29.1 Å². The van der Waals surface area contributed by atoms with Crippen LogP contribution in [-0.2, 0) is 6.54 Å². The van der Waals surface area contributed by atoms with E-state index in [2.05, 4.69) is 29.3 Å². The smallest absolute Gasteiger partial charge is 0.252 e. The zero-order chi connectivity index (χ0) is 14.5. The van der Waals surface area contributed by atoms with E-state index in [4.69, 9.17) is 0 Å². The Bertz CT molecular complexity index is 631. The van der Waals surface area contributed by atoms with Gasteiger partial charge in [-0.15, -0.1) is 0 Å². The van der Waals surface area contributed by atoms with Crippen molar-refractivity contribution < 1.29 is 0 Å². The van der Waals surface area contributed by atoms with Gasteiger partial charge in [0.1, 0.15) is 0 Å². The van der Waals surface area contributed by atoms with Gasteiger partial charge in [0.05, 0.1) is 5.52 Å². The summed E-state index contributed by atoms with van der Waals surface area (Å²) in [5.74, 6) is 0. The Morgan fingerprint density at radius 1 is 1.30 bits per heavy atom. The molecule has 2 aromatic rings. The minimum Gasteiger partial charge on any atom is -0.321 e. The number of para-hydroxylation sites is 1. The maximum absolute atomic E-state index is 12.1. The molecule has 0 radical (unpaired) electrons. The van der Waals surface area contributed by atoms with Gasteiger partial charge in [-0.05, 0) is 57.5 Å². The average molecular weight is 273 g/mol. The standard InChI is InChI=1S/C16H23N3O/c1-12-6-4-7-13-10-14(16(20)18-15(12)13)11-17-8-5-9-19(2)3/h4,6-7,10,17H,5,8-9,11H2,1-3H3,(H,18,20). The van der Waals surface area contributed by atoms with E-state index >= 15 is 0 Å². The Kier molecular flexibility index (Phi) is 4.93. The predicted octanol–water partition coefficient (Wildman–Crippen LogP) is 1.88. The van der Waals surface area contributed by atoms with Crippen LogP contribution >= 0.6 is 0 Å². The van der Waals surface area contributed by atoms with Gasteiger partial charge in [-0.1, -0.05) is 18.2 Å². The van der Waals surface area contributed by atoms with Gasteiger partial charge in [-0.25, -0.2) is 0 Å². The van der Waals surface area contributed by atoms with E-state index in [0.29, 0.717) is 6.54 Å². The lowest BCUT2D eigenvalue weighted by molar-refractivity contribution is 0.394. The molecule has 0 atom stereocenters. The Hall–Kier alpha value is -1.65. The van der Waals surface area contributed by atoms with E-state index in [0.717, 1.165) is 41.5 Å². The zero-order valence-electron chi connectivity index (χ0n) is 12.5. The van der Waals surface area contributed by atoms with E-state index in [9.17, 15) is 4.79 Å².